The Kier molecular flexibility index (Phi) is 4.33. The second kappa shape index (κ2) is 6.65. The van der Waals surface area contributed by atoms with Crippen molar-refractivity contribution in [3.63, 3.8) is 0 Å². The highest BCUT2D eigenvalue weighted by Crippen LogP contribution is 2.28. The summed E-state index contributed by atoms with van der Waals surface area (Å²) in [5.74, 6) is 0.00738. The van der Waals surface area contributed by atoms with Crippen LogP contribution < -0.4 is 10.9 Å². The molecule has 3 aromatic heterocycles. The van der Waals surface area contributed by atoms with Gasteiger partial charge in [-0.2, -0.15) is 5.10 Å². The molecule has 1 aliphatic rings. The van der Waals surface area contributed by atoms with Crippen LogP contribution in [-0.4, -0.2) is 27.1 Å². The van der Waals surface area contributed by atoms with Gasteiger partial charge in [0.1, 0.15) is 22.4 Å². The Morgan fingerprint density at radius 3 is 3.00 bits per heavy atom. The van der Waals surface area contributed by atoms with E-state index in [4.69, 9.17) is 9.15 Å². The minimum Gasteiger partial charge on any atom is -0.424 e. The molecule has 1 aliphatic heterocycles. The van der Waals surface area contributed by atoms with Gasteiger partial charge in [0.25, 0.3) is 5.91 Å². The number of nitrogens with one attached hydrogen (secondary N) is 1. The third kappa shape index (κ3) is 3.15. The van der Waals surface area contributed by atoms with Gasteiger partial charge in [0.2, 0.25) is 4.96 Å². The quantitative estimate of drug-likeness (QED) is 0.751. The van der Waals surface area contributed by atoms with Gasteiger partial charge in [-0.3, -0.25) is 4.79 Å². The van der Waals surface area contributed by atoms with Crippen LogP contribution in [0.25, 0.3) is 4.96 Å². The van der Waals surface area contributed by atoms with E-state index in [1.54, 1.807) is 23.7 Å². The van der Waals surface area contributed by atoms with Gasteiger partial charge in [0.15, 0.2) is 0 Å². The fourth-order valence-electron chi connectivity index (χ4n) is 3.06. The summed E-state index contributed by atoms with van der Waals surface area (Å²) < 4.78 is 12.5. The molecular weight excluding hydrogens is 356 g/mol. The first kappa shape index (κ1) is 16.9. The normalized spacial score (nSPS) is 17.1. The first-order valence-corrected chi connectivity index (χ1v) is 9.19. The molecule has 8 nitrogen and oxygen atoms in total. The molecular formula is C17H18N4O4S. The fourth-order valence-corrected chi connectivity index (χ4v) is 3.80. The highest BCUT2D eigenvalue weighted by atomic mass is 32.1. The Bertz CT molecular complexity index is 998. The maximum atomic E-state index is 12.4. The molecule has 136 valence electrons. The molecule has 1 unspecified atom stereocenters. The first-order chi connectivity index (χ1) is 12.5. The molecule has 0 saturated carbocycles. The number of ether oxygens (including phenoxy) is 1. The zero-order valence-electron chi connectivity index (χ0n) is 14.4. The SMILES string of the molecule is Cc1nn2cc(CNC(=O)c3c(C)cc(C4CCCO4)oc3=O)nc2s1. The molecule has 0 bridgehead atoms. The molecule has 4 heterocycles. The molecule has 9 heteroatoms. The molecule has 0 spiro atoms. The number of hydrogen-bond donors (Lipinski definition) is 1. The van der Waals surface area contributed by atoms with Gasteiger partial charge in [-0.05, 0) is 38.3 Å². The van der Waals surface area contributed by atoms with E-state index in [1.165, 1.54) is 11.3 Å². The Labute approximate surface area is 152 Å². The Morgan fingerprint density at radius 1 is 1.46 bits per heavy atom. The second-order valence-electron chi connectivity index (χ2n) is 6.26. The highest BCUT2D eigenvalue weighted by Gasteiger charge is 2.24. The van der Waals surface area contributed by atoms with Crippen molar-refractivity contribution in [2.45, 2.75) is 39.3 Å². The van der Waals surface area contributed by atoms with Gasteiger partial charge in [-0.1, -0.05) is 11.3 Å². The summed E-state index contributed by atoms with van der Waals surface area (Å²) in [6, 6.07) is 1.71. The maximum absolute atomic E-state index is 12.4. The minimum absolute atomic E-state index is 0.0155. The van der Waals surface area contributed by atoms with Crippen molar-refractivity contribution in [2.75, 3.05) is 6.61 Å². The summed E-state index contributed by atoms with van der Waals surface area (Å²) >= 11 is 1.47. The van der Waals surface area contributed by atoms with Crippen molar-refractivity contribution in [1.29, 1.82) is 0 Å². The molecule has 1 amide bonds. The molecule has 1 fully saturated rings. The van der Waals surface area contributed by atoms with E-state index in [2.05, 4.69) is 15.4 Å². The summed E-state index contributed by atoms with van der Waals surface area (Å²) in [5.41, 5.74) is 0.625. The summed E-state index contributed by atoms with van der Waals surface area (Å²) in [7, 11) is 0. The number of aryl methyl sites for hydroxylation is 2. The molecule has 1 saturated heterocycles. The Balaban J connectivity index is 1.50. The molecule has 3 aromatic rings. The summed E-state index contributed by atoms with van der Waals surface area (Å²) in [6.07, 6.45) is 3.31. The number of rotatable bonds is 4. The monoisotopic (exact) mass is 374 g/mol. The number of imidazole rings is 1. The zero-order chi connectivity index (χ0) is 18.3. The standard InChI is InChI=1S/C17H18N4O4S/c1-9-6-13(12-4-3-5-24-12)25-16(23)14(9)15(22)18-7-11-8-21-17(19-11)26-10(2)20-21/h6,8,12H,3-5,7H2,1-2H3,(H,18,22). The first-order valence-electron chi connectivity index (χ1n) is 8.37. The average molecular weight is 374 g/mol. The van der Waals surface area contributed by atoms with Gasteiger partial charge < -0.3 is 14.5 Å². The van der Waals surface area contributed by atoms with E-state index >= 15 is 0 Å². The van der Waals surface area contributed by atoms with Crippen LogP contribution in [0, 0.1) is 13.8 Å². The lowest BCUT2D eigenvalue weighted by Gasteiger charge is -2.11. The van der Waals surface area contributed by atoms with E-state index in [0.29, 0.717) is 23.6 Å². The third-order valence-electron chi connectivity index (χ3n) is 4.27. The van der Waals surface area contributed by atoms with Crippen molar-refractivity contribution in [3.05, 3.63) is 50.3 Å². The molecule has 1 N–H and O–H groups in total. The van der Waals surface area contributed by atoms with Crippen LogP contribution in [0.15, 0.2) is 21.5 Å². The van der Waals surface area contributed by atoms with Crippen LogP contribution in [0.1, 0.15) is 51.3 Å². The van der Waals surface area contributed by atoms with Crippen molar-refractivity contribution in [1.82, 2.24) is 19.9 Å². The summed E-state index contributed by atoms with van der Waals surface area (Å²) in [6.45, 7) is 4.50. The van der Waals surface area contributed by atoms with Crippen molar-refractivity contribution in [3.8, 4) is 0 Å². The van der Waals surface area contributed by atoms with E-state index < -0.39 is 11.5 Å². The number of fused-ring (bicyclic) bond motifs is 1. The smallest absolute Gasteiger partial charge is 0.349 e. The average Bonchev–Trinajstić information content (AvgIpc) is 3.28. The zero-order valence-corrected chi connectivity index (χ0v) is 15.3. The van der Waals surface area contributed by atoms with E-state index in [0.717, 1.165) is 22.8 Å². The molecule has 26 heavy (non-hydrogen) atoms. The third-order valence-corrected chi connectivity index (χ3v) is 5.10. The maximum Gasteiger partial charge on any atom is 0.349 e. The Morgan fingerprint density at radius 2 is 2.31 bits per heavy atom. The second-order valence-corrected chi connectivity index (χ2v) is 7.42. The number of aromatic nitrogens is 3. The van der Waals surface area contributed by atoms with E-state index in [9.17, 15) is 9.59 Å². The van der Waals surface area contributed by atoms with Gasteiger partial charge in [-0.15, -0.1) is 0 Å². The lowest BCUT2D eigenvalue weighted by Crippen LogP contribution is -2.29. The minimum atomic E-state index is -0.642. The van der Waals surface area contributed by atoms with Crippen LogP contribution in [0.2, 0.25) is 0 Å². The van der Waals surface area contributed by atoms with Crippen molar-refractivity contribution < 1.29 is 13.9 Å². The topological polar surface area (TPSA) is 98.7 Å². The van der Waals surface area contributed by atoms with Crippen LogP contribution in [0.4, 0.5) is 0 Å². The molecule has 4 rings (SSSR count). The molecule has 0 aliphatic carbocycles. The largest absolute Gasteiger partial charge is 0.424 e. The van der Waals surface area contributed by atoms with E-state index in [-0.39, 0.29) is 18.2 Å². The van der Waals surface area contributed by atoms with Gasteiger partial charge >= 0.3 is 5.63 Å². The predicted octanol–water partition coefficient (Wildman–Crippen LogP) is 2.14. The number of nitrogens with zero attached hydrogens (tertiary/aromatic N) is 3. The van der Waals surface area contributed by atoms with Crippen LogP contribution in [0.3, 0.4) is 0 Å². The summed E-state index contributed by atoms with van der Waals surface area (Å²) in [4.78, 5) is 29.9. The molecule has 0 aromatic carbocycles. The predicted molar refractivity (Wildman–Crippen MR) is 94.4 cm³/mol. The number of amides is 1. The van der Waals surface area contributed by atoms with Gasteiger partial charge in [0.05, 0.1) is 18.4 Å². The van der Waals surface area contributed by atoms with Crippen molar-refractivity contribution in [2.24, 2.45) is 0 Å². The van der Waals surface area contributed by atoms with Crippen LogP contribution in [0.5, 0.6) is 0 Å². The molecule has 1 atom stereocenters. The highest BCUT2D eigenvalue weighted by molar-refractivity contribution is 7.16. The van der Waals surface area contributed by atoms with Gasteiger partial charge in [-0.25, -0.2) is 14.3 Å². The van der Waals surface area contributed by atoms with Crippen molar-refractivity contribution >= 4 is 22.2 Å². The van der Waals surface area contributed by atoms with E-state index in [1.807, 2.05) is 6.92 Å². The lowest BCUT2D eigenvalue weighted by atomic mass is 10.1. The van der Waals surface area contributed by atoms with Crippen LogP contribution in [-0.2, 0) is 11.3 Å². The van der Waals surface area contributed by atoms with Crippen LogP contribution >= 0.6 is 11.3 Å². The summed E-state index contributed by atoms with van der Waals surface area (Å²) in [5, 5.41) is 7.92. The number of carbonyl (C=O) groups excluding carboxylic acids is 1. The lowest BCUT2D eigenvalue weighted by molar-refractivity contribution is 0.0882. The van der Waals surface area contributed by atoms with Gasteiger partial charge in [0, 0.05) is 6.61 Å². The number of hydrogen-bond acceptors (Lipinski definition) is 7. The Hall–Kier alpha value is -2.52. The number of carbonyl (C=O) groups is 1. The molecule has 0 radical (unpaired) electrons. The fraction of sp³-hybridized carbons (Fsp3) is 0.412.